The van der Waals surface area contributed by atoms with Crippen LogP contribution in [0.15, 0.2) is 73.1 Å². The summed E-state index contributed by atoms with van der Waals surface area (Å²) in [5.41, 5.74) is 3.58. The van der Waals surface area contributed by atoms with Crippen LogP contribution in [0.1, 0.15) is 35.3 Å². The highest BCUT2D eigenvalue weighted by Gasteiger charge is 2.40. The second-order valence-electron chi connectivity index (χ2n) is 7.96. The van der Waals surface area contributed by atoms with E-state index in [2.05, 4.69) is 15.3 Å². The van der Waals surface area contributed by atoms with E-state index in [-0.39, 0.29) is 24.0 Å². The van der Waals surface area contributed by atoms with Crippen molar-refractivity contribution in [3.63, 3.8) is 0 Å². The molecule has 0 spiro atoms. The molecular weight excluding hydrogens is 418 g/mol. The van der Waals surface area contributed by atoms with Gasteiger partial charge in [0.2, 0.25) is 11.9 Å². The molecular formula is C25H21N5O3. The number of fused-ring (bicyclic) bond motifs is 3. The number of benzene rings is 2. The Bertz CT molecular complexity index is 1360. The van der Waals surface area contributed by atoms with Crippen LogP contribution >= 0.6 is 0 Å². The third-order valence-electron chi connectivity index (χ3n) is 5.70. The van der Waals surface area contributed by atoms with E-state index >= 15 is 0 Å². The molecule has 2 aromatic heterocycles. The summed E-state index contributed by atoms with van der Waals surface area (Å²) in [7, 11) is 0. The van der Waals surface area contributed by atoms with Gasteiger partial charge in [-0.2, -0.15) is 0 Å². The van der Waals surface area contributed by atoms with Crippen molar-refractivity contribution in [1.82, 2.24) is 14.5 Å². The molecule has 8 heteroatoms. The zero-order valence-electron chi connectivity index (χ0n) is 17.9. The van der Waals surface area contributed by atoms with Gasteiger partial charge in [-0.05, 0) is 55.0 Å². The number of imidazole rings is 1. The molecule has 2 amide bonds. The second-order valence-corrected chi connectivity index (χ2v) is 7.96. The van der Waals surface area contributed by atoms with Crippen LogP contribution in [0.2, 0.25) is 0 Å². The number of rotatable bonds is 6. The maximum Gasteiger partial charge on any atom is 0.253 e. The average Bonchev–Trinajstić information content (AvgIpc) is 3.31. The number of Topliss-reactive ketones (excluding diaryl/α,β-unsaturated/α-hetero) is 1. The Morgan fingerprint density at radius 3 is 2.55 bits per heavy atom. The van der Waals surface area contributed by atoms with Crippen LogP contribution in [-0.2, 0) is 16.1 Å². The molecule has 0 radical (unpaired) electrons. The van der Waals surface area contributed by atoms with E-state index in [1.165, 1.54) is 6.92 Å². The van der Waals surface area contributed by atoms with Gasteiger partial charge in [0.25, 0.3) is 5.91 Å². The molecule has 2 aromatic carbocycles. The molecule has 1 atom stereocenters. The van der Waals surface area contributed by atoms with Gasteiger partial charge in [-0.15, -0.1) is 0 Å². The smallest absolute Gasteiger partial charge is 0.253 e. The number of nitrogens with one attached hydrogen (secondary N) is 1. The molecule has 3 heterocycles. The van der Waals surface area contributed by atoms with E-state index in [1.807, 2.05) is 41.0 Å². The monoisotopic (exact) mass is 439 g/mol. The molecule has 4 aromatic rings. The predicted octanol–water partition coefficient (Wildman–Crippen LogP) is 3.75. The first-order valence-electron chi connectivity index (χ1n) is 10.6. The lowest BCUT2D eigenvalue weighted by atomic mass is 10.1. The SMILES string of the molecule is CC(=O)c1ccc(NC(=O)CC2C(=O)N(Cc3cccnc3)c3nc4ccccc4n32)cc1. The van der Waals surface area contributed by atoms with Gasteiger partial charge >= 0.3 is 0 Å². The average molecular weight is 439 g/mol. The van der Waals surface area contributed by atoms with Gasteiger partial charge in [0.1, 0.15) is 6.04 Å². The number of carbonyl (C=O) groups excluding carboxylic acids is 3. The Balaban J connectivity index is 1.43. The summed E-state index contributed by atoms with van der Waals surface area (Å²) in [6, 6.07) is 17.3. The number of nitrogens with zero attached hydrogens (tertiary/aromatic N) is 4. The Kier molecular flexibility index (Phi) is 5.18. The van der Waals surface area contributed by atoms with Crippen molar-refractivity contribution in [2.24, 2.45) is 0 Å². The van der Waals surface area contributed by atoms with Crippen LogP contribution in [0, 0.1) is 0 Å². The van der Waals surface area contributed by atoms with Crippen molar-refractivity contribution in [3.8, 4) is 0 Å². The van der Waals surface area contributed by atoms with Crippen LogP contribution in [0.3, 0.4) is 0 Å². The van der Waals surface area contributed by atoms with Gasteiger partial charge < -0.3 is 5.32 Å². The fourth-order valence-corrected chi connectivity index (χ4v) is 4.10. The first-order valence-corrected chi connectivity index (χ1v) is 10.6. The predicted molar refractivity (Wildman–Crippen MR) is 124 cm³/mol. The first kappa shape index (κ1) is 20.6. The summed E-state index contributed by atoms with van der Waals surface area (Å²) < 4.78 is 1.84. The number of amides is 2. The molecule has 0 aliphatic carbocycles. The Morgan fingerprint density at radius 2 is 1.82 bits per heavy atom. The van der Waals surface area contributed by atoms with Crippen molar-refractivity contribution >= 4 is 40.3 Å². The minimum atomic E-state index is -0.708. The molecule has 1 unspecified atom stereocenters. The molecule has 1 aliphatic heterocycles. The number of anilines is 2. The number of hydrogen-bond acceptors (Lipinski definition) is 5. The van der Waals surface area contributed by atoms with E-state index in [4.69, 9.17) is 0 Å². The number of para-hydroxylation sites is 2. The number of aromatic nitrogens is 3. The van der Waals surface area contributed by atoms with Crippen LogP contribution < -0.4 is 10.2 Å². The van der Waals surface area contributed by atoms with E-state index in [1.54, 1.807) is 41.6 Å². The highest BCUT2D eigenvalue weighted by Crippen LogP contribution is 2.37. The normalized spacial score (nSPS) is 15.0. The van der Waals surface area contributed by atoms with Crippen LogP contribution in [-0.4, -0.2) is 32.1 Å². The quantitative estimate of drug-likeness (QED) is 0.462. The number of hydrogen-bond donors (Lipinski definition) is 1. The third-order valence-corrected chi connectivity index (χ3v) is 5.70. The highest BCUT2D eigenvalue weighted by atomic mass is 16.2. The molecule has 33 heavy (non-hydrogen) atoms. The van der Waals surface area contributed by atoms with Gasteiger partial charge in [0.15, 0.2) is 5.78 Å². The van der Waals surface area contributed by atoms with Gasteiger partial charge in [-0.25, -0.2) is 4.98 Å². The molecule has 8 nitrogen and oxygen atoms in total. The van der Waals surface area contributed by atoms with Crippen molar-refractivity contribution in [1.29, 1.82) is 0 Å². The second kappa shape index (κ2) is 8.31. The van der Waals surface area contributed by atoms with Gasteiger partial charge in [-0.3, -0.25) is 28.8 Å². The number of carbonyl (C=O) groups is 3. The Hall–Kier alpha value is -4.33. The van der Waals surface area contributed by atoms with Crippen molar-refractivity contribution in [3.05, 3.63) is 84.2 Å². The summed E-state index contributed by atoms with van der Waals surface area (Å²) in [6.45, 7) is 1.81. The maximum atomic E-state index is 13.4. The topological polar surface area (TPSA) is 97.2 Å². The maximum absolute atomic E-state index is 13.4. The summed E-state index contributed by atoms with van der Waals surface area (Å²) in [6.07, 6.45) is 3.36. The number of ketones is 1. The van der Waals surface area contributed by atoms with Gasteiger partial charge in [0.05, 0.1) is 24.0 Å². The van der Waals surface area contributed by atoms with Crippen LogP contribution in [0.25, 0.3) is 11.0 Å². The molecule has 0 saturated carbocycles. The van der Waals surface area contributed by atoms with Gasteiger partial charge in [0, 0.05) is 23.6 Å². The van der Waals surface area contributed by atoms with Crippen LogP contribution in [0.5, 0.6) is 0 Å². The standard InChI is InChI=1S/C25H21N5O3/c1-16(31)18-8-10-19(11-9-18)27-23(32)13-22-24(33)29(15-17-5-4-12-26-14-17)25-28-20-6-2-3-7-21(20)30(22)25/h2-12,14,22H,13,15H2,1H3,(H,27,32). The number of pyridine rings is 1. The summed E-state index contributed by atoms with van der Waals surface area (Å²) in [4.78, 5) is 48.2. The third kappa shape index (κ3) is 3.87. The van der Waals surface area contributed by atoms with Crippen molar-refractivity contribution < 1.29 is 14.4 Å². The Labute approximate surface area is 189 Å². The largest absolute Gasteiger partial charge is 0.326 e. The highest BCUT2D eigenvalue weighted by molar-refractivity contribution is 6.05. The van der Waals surface area contributed by atoms with Crippen molar-refractivity contribution in [2.75, 3.05) is 10.2 Å². The summed E-state index contributed by atoms with van der Waals surface area (Å²) >= 11 is 0. The summed E-state index contributed by atoms with van der Waals surface area (Å²) in [5.74, 6) is -0.00335. The van der Waals surface area contributed by atoms with Gasteiger partial charge in [-0.1, -0.05) is 18.2 Å². The molecule has 0 fully saturated rings. The zero-order valence-corrected chi connectivity index (χ0v) is 17.9. The van der Waals surface area contributed by atoms with E-state index in [9.17, 15) is 14.4 Å². The van der Waals surface area contributed by atoms with E-state index in [0.29, 0.717) is 23.7 Å². The lowest BCUT2D eigenvalue weighted by Gasteiger charge is -2.16. The molecule has 0 saturated heterocycles. The van der Waals surface area contributed by atoms with Crippen LogP contribution in [0.4, 0.5) is 11.6 Å². The lowest BCUT2D eigenvalue weighted by Crippen LogP contribution is -2.31. The molecule has 1 N–H and O–H groups in total. The molecule has 1 aliphatic rings. The zero-order chi connectivity index (χ0) is 22.9. The summed E-state index contributed by atoms with van der Waals surface area (Å²) in [5, 5.41) is 2.83. The Morgan fingerprint density at radius 1 is 1.03 bits per heavy atom. The minimum absolute atomic E-state index is 0.0375. The first-order chi connectivity index (χ1) is 16.0. The minimum Gasteiger partial charge on any atom is -0.326 e. The fraction of sp³-hybridized carbons (Fsp3) is 0.160. The molecule has 5 rings (SSSR count). The lowest BCUT2D eigenvalue weighted by molar-refractivity contribution is -0.124. The van der Waals surface area contributed by atoms with E-state index < -0.39 is 6.04 Å². The van der Waals surface area contributed by atoms with Crippen molar-refractivity contribution in [2.45, 2.75) is 25.9 Å². The molecule has 0 bridgehead atoms. The van der Waals surface area contributed by atoms with E-state index in [0.717, 1.165) is 16.6 Å². The fourth-order valence-electron chi connectivity index (χ4n) is 4.10. The molecule has 164 valence electrons.